The lowest BCUT2D eigenvalue weighted by Crippen LogP contribution is -2.52. The maximum atomic E-state index is 13.1. The molecule has 0 aromatic carbocycles. The molecule has 0 aromatic rings. The largest absolute Gasteiger partial charge is 0.415 e. The van der Waals surface area contributed by atoms with E-state index in [4.69, 9.17) is 5.11 Å². The minimum absolute atomic E-state index is 0.246. The second-order valence-electron chi connectivity index (χ2n) is 6.17. The summed E-state index contributed by atoms with van der Waals surface area (Å²) in [5.41, 5.74) is -4.14. The molecule has 0 saturated carbocycles. The van der Waals surface area contributed by atoms with Gasteiger partial charge in [0.05, 0.1) is 18.3 Å². The van der Waals surface area contributed by atoms with Crippen LogP contribution in [0.2, 0.25) is 0 Å². The van der Waals surface area contributed by atoms with Crippen molar-refractivity contribution >= 4 is 0 Å². The van der Waals surface area contributed by atoms with Gasteiger partial charge in [-0.25, -0.2) is 0 Å². The van der Waals surface area contributed by atoms with Crippen LogP contribution in [-0.2, 0) is 0 Å². The summed E-state index contributed by atoms with van der Waals surface area (Å²) < 4.78 is 39.4. The molecule has 0 aliphatic heterocycles. The highest BCUT2D eigenvalue weighted by Gasteiger charge is 2.55. The van der Waals surface area contributed by atoms with Gasteiger partial charge in [-0.15, -0.1) is 0 Å². The number of allylic oxidation sites excluding steroid dienone is 1. The van der Waals surface area contributed by atoms with Crippen LogP contribution in [-0.4, -0.2) is 39.8 Å². The van der Waals surface area contributed by atoms with E-state index in [9.17, 15) is 23.4 Å². The number of hydrogen-bond acceptors (Lipinski definition) is 3. The molecule has 0 fully saturated rings. The molecule has 124 valence electrons. The fourth-order valence-electron chi connectivity index (χ4n) is 2.73. The first-order valence-electron chi connectivity index (χ1n) is 6.86. The maximum Gasteiger partial charge on any atom is 0.415 e. The highest BCUT2D eigenvalue weighted by molar-refractivity contribution is 5.45. The van der Waals surface area contributed by atoms with E-state index in [0.717, 1.165) is 6.92 Å². The summed E-state index contributed by atoms with van der Waals surface area (Å²) in [6.45, 7) is 5.61. The Kier molecular flexibility index (Phi) is 5.18. The Morgan fingerprint density at radius 2 is 1.95 bits per heavy atom. The zero-order valence-corrected chi connectivity index (χ0v) is 13.0. The van der Waals surface area contributed by atoms with Gasteiger partial charge in [0.25, 0.3) is 0 Å². The molecule has 2 unspecified atom stereocenters. The lowest BCUT2D eigenvalue weighted by molar-refractivity contribution is -0.124. The zero-order chi connectivity index (χ0) is 17.3. The van der Waals surface area contributed by atoms with E-state index in [1.165, 1.54) is 6.08 Å². The van der Waals surface area contributed by atoms with Crippen LogP contribution in [0.1, 0.15) is 34.1 Å². The average Bonchev–Trinajstić information content (AvgIpc) is 2.32. The minimum atomic E-state index is -4.73. The van der Waals surface area contributed by atoms with Gasteiger partial charge in [-0.3, -0.25) is 0 Å². The van der Waals surface area contributed by atoms with Gasteiger partial charge >= 0.3 is 6.18 Å². The van der Waals surface area contributed by atoms with Crippen molar-refractivity contribution in [3.05, 3.63) is 22.8 Å². The highest BCUT2D eigenvalue weighted by Crippen LogP contribution is 2.50. The normalized spacial score (nSPS) is 29.2. The van der Waals surface area contributed by atoms with Crippen molar-refractivity contribution < 1.29 is 28.5 Å². The highest BCUT2D eigenvalue weighted by atomic mass is 19.4. The van der Waals surface area contributed by atoms with Gasteiger partial charge in [-0.1, -0.05) is 25.7 Å². The molecule has 0 spiro atoms. The molecule has 0 radical (unpaired) electrons. The molecule has 3 N–H and O–H groups in total. The van der Waals surface area contributed by atoms with Gasteiger partial charge in [-0.05, 0) is 37.5 Å². The predicted molar refractivity (Wildman–Crippen MR) is 76.7 cm³/mol. The SMILES string of the molecule is CC1=C(C(F)(F)F)C(O)CC(C)(C)C1(O)C#C/C(C)=C\CO. The van der Waals surface area contributed by atoms with Crippen molar-refractivity contribution in [2.24, 2.45) is 5.41 Å². The van der Waals surface area contributed by atoms with Crippen LogP contribution in [0, 0.1) is 17.3 Å². The van der Waals surface area contributed by atoms with Gasteiger partial charge in [-0.2, -0.15) is 13.2 Å². The van der Waals surface area contributed by atoms with Crippen LogP contribution in [0.15, 0.2) is 22.8 Å². The Labute approximate surface area is 128 Å². The van der Waals surface area contributed by atoms with Gasteiger partial charge < -0.3 is 15.3 Å². The monoisotopic (exact) mass is 318 g/mol. The predicted octanol–water partition coefficient (Wildman–Crippen LogP) is 2.33. The van der Waals surface area contributed by atoms with Gasteiger partial charge in [0.2, 0.25) is 0 Å². The van der Waals surface area contributed by atoms with Crippen LogP contribution in [0.25, 0.3) is 0 Å². The molecule has 6 heteroatoms. The third kappa shape index (κ3) is 3.37. The minimum Gasteiger partial charge on any atom is -0.392 e. The summed E-state index contributed by atoms with van der Waals surface area (Å²) >= 11 is 0. The van der Waals surface area contributed by atoms with Crippen LogP contribution in [0.5, 0.6) is 0 Å². The summed E-state index contributed by atoms with van der Waals surface area (Å²) in [4.78, 5) is 0. The topological polar surface area (TPSA) is 60.7 Å². The number of aliphatic hydroxyl groups excluding tert-OH is 2. The molecule has 1 aliphatic rings. The lowest BCUT2D eigenvalue weighted by atomic mass is 9.62. The Bertz CT molecular complexity index is 561. The molecule has 3 nitrogen and oxygen atoms in total. The Morgan fingerprint density at radius 3 is 2.41 bits per heavy atom. The maximum absolute atomic E-state index is 13.1. The molecular formula is C16H21F3O3. The van der Waals surface area contributed by atoms with Gasteiger partial charge in [0, 0.05) is 5.41 Å². The van der Waals surface area contributed by atoms with E-state index < -0.39 is 28.9 Å². The van der Waals surface area contributed by atoms with E-state index in [1.54, 1.807) is 20.8 Å². The Morgan fingerprint density at radius 1 is 1.41 bits per heavy atom. The van der Waals surface area contributed by atoms with Crippen LogP contribution >= 0.6 is 0 Å². The molecule has 0 aromatic heterocycles. The smallest absolute Gasteiger partial charge is 0.392 e. The Hall–Kier alpha value is -1.29. The van der Waals surface area contributed by atoms with Crippen molar-refractivity contribution in [3.63, 3.8) is 0 Å². The molecule has 2 atom stereocenters. The first-order valence-corrected chi connectivity index (χ1v) is 6.86. The van der Waals surface area contributed by atoms with Gasteiger partial charge in [0.15, 0.2) is 5.60 Å². The van der Waals surface area contributed by atoms with Crippen LogP contribution < -0.4 is 0 Å². The lowest BCUT2D eigenvalue weighted by Gasteiger charge is -2.46. The summed E-state index contributed by atoms with van der Waals surface area (Å²) in [7, 11) is 0. The number of aliphatic hydroxyl groups is 3. The van der Waals surface area contributed by atoms with E-state index in [0.29, 0.717) is 5.57 Å². The molecule has 0 amide bonds. The van der Waals surface area contributed by atoms with E-state index in [-0.39, 0.29) is 18.6 Å². The quantitative estimate of drug-likeness (QED) is 0.514. The van der Waals surface area contributed by atoms with Crippen molar-refractivity contribution in [1.82, 2.24) is 0 Å². The number of hydrogen-bond donors (Lipinski definition) is 3. The molecule has 0 saturated heterocycles. The number of halogens is 3. The fraction of sp³-hybridized carbons (Fsp3) is 0.625. The second-order valence-corrected chi connectivity index (χ2v) is 6.17. The second kappa shape index (κ2) is 6.07. The number of alkyl halides is 3. The first kappa shape index (κ1) is 18.8. The summed E-state index contributed by atoms with van der Waals surface area (Å²) in [6, 6.07) is 0. The molecular weight excluding hydrogens is 297 g/mol. The summed E-state index contributed by atoms with van der Waals surface area (Å²) in [6.07, 6.45) is -5.28. The van der Waals surface area contributed by atoms with Gasteiger partial charge in [0.1, 0.15) is 0 Å². The number of rotatable bonds is 1. The summed E-state index contributed by atoms with van der Waals surface area (Å²) in [5, 5.41) is 29.4. The molecule has 0 bridgehead atoms. The molecule has 0 heterocycles. The standard InChI is InChI=1S/C16H21F3O3/c1-10(6-8-20)5-7-15(22)11(2)13(16(17,18)19)12(21)9-14(15,3)4/h6,12,20-22H,8-9H2,1-4H3/b10-6-. The third-order valence-electron chi connectivity index (χ3n) is 4.11. The third-order valence-corrected chi connectivity index (χ3v) is 4.11. The van der Waals surface area contributed by atoms with Crippen molar-refractivity contribution in [2.75, 3.05) is 6.61 Å². The molecule has 1 rings (SSSR count). The van der Waals surface area contributed by atoms with Crippen molar-refractivity contribution in [3.8, 4) is 11.8 Å². The summed E-state index contributed by atoms with van der Waals surface area (Å²) in [5.74, 6) is 5.09. The van der Waals surface area contributed by atoms with Crippen molar-refractivity contribution in [1.29, 1.82) is 0 Å². The fourth-order valence-corrected chi connectivity index (χ4v) is 2.73. The van der Waals surface area contributed by atoms with Crippen LogP contribution in [0.3, 0.4) is 0 Å². The first-order chi connectivity index (χ1) is 9.87. The molecule has 1 aliphatic carbocycles. The van der Waals surface area contributed by atoms with Crippen molar-refractivity contribution in [2.45, 2.75) is 52.0 Å². The Balaban J connectivity index is 3.52. The average molecular weight is 318 g/mol. The van der Waals surface area contributed by atoms with Crippen LogP contribution in [0.4, 0.5) is 13.2 Å². The molecule has 22 heavy (non-hydrogen) atoms. The van der Waals surface area contributed by atoms with E-state index >= 15 is 0 Å². The zero-order valence-electron chi connectivity index (χ0n) is 13.0. The van der Waals surface area contributed by atoms with E-state index in [2.05, 4.69) is 11.8 Å². The van der Waals surface area contributed by atoms with E-state index in [1.807, 2.05) is 0 Å².